The molecule has 30 heavy (non-hydrogen) atoms. The molecular formula is C26H31Cl2SiZr. The summed E-state index contributed by atoms with van der Waals surface area (Å²) in [5, 5.41) is 0. The molecule has 157 valence electrons. The summed E-state index contributed by atoms with van der Waals surface area (Å²) in [4.78, 5) is 0. The van der Waals surface area contributed by atoms with E-state index >= 15 is 0 Å². The van der Waals surface area contributed by atoms with Crippen LogP contribution in [0.2, 0.25) is 13.1 Å². The summed E-state index contributed by atoms with van der Waals surface area (Å²) in [6, 6.07) is 22.1. The van der Waals surface area contributed by atoms with Gasteiger partial charge in [0.25, 0.3) is 0 Å². The van der Waals surface area contributed by atoms with E-state index in [2.05, 4.69) is 98.1 Å². The summed E-state index contributed by atoms with van der Waals surface area (Å²) in [5.74, 6) is -0.684. The maximum absolute atomic E-state index is 2.62. The maximum atomic E-state index is 2.62. The van der Waals surface area contributed by atoms with Crippen molar-refractivity contribution >= 4 is 30.7 Å². The fourth-order valence-corrected chi connectivity index (χ4v) is 24.9. The van der Waals surface area contributed by atoms with E-state index in [9.17, 15) is 0 Å². The van der Waals surface area contributed by atoms with Gasteiger partial charge in [0.1, 0.15) is 0 Å². The topological polar surface area (TPSA) is 0 Å². The van der Waals surface area contributed by atoms with Crippen molar-refractivity contribution in [3.05, 3.63) is 114 Å². The number of benzene rings is 2. The molecule has 0 heterocycles. The summed E-state index contributed by atoms with van der Waals surface area (Å²) >= 11 is -1.75. The standard InChI is InChI=1S/2C12H11.C2H7Si.2ClH.Zr/c2*1-2-6-11(7-3-1)10-12-8-4-5-9-12;1-3-2;;;/h2*1-4,6-8H,5,10H2;3H,1-2H3;2*1H;. The molecule has 0 saturated heterocycles. The second-order valence-electron chi connectivity index (χ2n) is 8.11. The van der Waals surface area contributed by atoms with E-state index in [0.29, 0.717) is 0 Å². The Morgan fingerprint density at radius 2 is 1.07 bits per heavy atom. The third kappa shape index (κ3) is 6.07. The molecule has 2 aromatic carbocycles. The molecule has 4 heteroatoms. The molecule has 0 fully saturated rings. The van der Waals surface area contributed by atoms with Crippen LogP contribution in [0.15, 0.2) is 103 Å². The van der Waals surface area contributed by atoms with Crippen molar-refractivity contribution in [3.63, 3.8) is 0 Å². The smallest absolute Gasteiger partial charge is 0.147 e. The van der Waals surface area contributed by atoms with Gasteiger partial charge in [-0.25, -0.2) is 0 Å². The monoisotopic (exact) mass is 531 g/mol. The maximum Gasteiger partial charge on any atom is -0.147 e. The molecule has 4 rings (SSSR count). The predicted octanol–water partition coefficient (Wildman–Crippen LogP) is 7.35. The van der Waals surface area contributed by atoms with Crippen molar-refractivity contribution in [3.8, 4) is 0 Å². The molecule has 0 aromatic heterocycles. The van der Waals surface area contributed by atoms with E-state index < -0.39 is 26.8 Å². The molecule has 0 nitrogen and oxygen atoms in total. The second kappa shape index (κ2) is 12.2. The fourth-order valence-electron chi connectivity index (χ4n) is 4.51. The first-order chi connectivity index (χ1) is 13.7. The summed E-state index contributed by atoms with van der Waals surface area (Å²) in [6.07, 6.45) is 14.4. The average Bonchev–Trinajstić information content (AvgIpc) is 3.34. The number of hydrogen-bond acceptors (Lipinski definition) is 0. The van der Waals surface area contributed by atoms with Gasteiger partial charge in [-0.15, -0.1) is 24.8 Å². The van der Waals surface area contributed by atoms with Crippen LogP contribution in [0.4, 0.5) is 0 Å². The van der Waals surface area contributed by atoms with Crippen LogP contribution in [-0.2, 0) is 33.8 Å². The number of allylic oxidation sites excluding steroid dienone is 8. The molecule has 2 aromatic rings. The van der Waals surface area contributed by atoms with Gasteiger partial charge in [-0.2, -0.15) is 0 Å². The molecule has 0 aliphatic heterocycles. The van der Waals surface area contributed by atoms with Crippen LogP contribution in [0.1, 0.15) is 24.0 Å². The molecule has 2 aliphatic carbocycles. The van der Waals surface area contributed by atoms with Crippen molar-refractivity contribution in [1.29, 1.82) is 0 Å². The Hall–Kier alpha value is -0.920. The Kier molecular flexibility index (Phi) is 10.3. The number of hydrogen-bond donors (Lipinski definition) is 0. The average molecular weight is 534 g/mol. The summed E-state index contributed by atoms with van der Waals surface area (Å²) in [5.41, 5.74) is 6.22. The zero-order chi connectivity index (χ0) is 19.3. The van der Waals surface area contributed by atoms with E-state index in [1.807, 2.05) is 6.56 Å². The van der Waals surface area contributed by atoms with Gasteiger partial charge in [0.15, 0.2) is 0 Å². The van der Waals surface area contributed by atoms with Crippen LogP contribution in [0.3, 0.4) is 0 Å². The molecule has 0 saturated carbocycles. The molecule has 0 amide bonds. The van der Waals surface area contributed by atoms with Crippen LogP contribution in [-0.4, -0.2) is 5.92 Å². The largest absolute Gasteiger partial charge is 0.147 e. The summed E-state index contributed by atoms with van der Waals surface area (Å²) in [6.45, 7) is 5.23. The second-order valence-corrected chi connectivity index (χ2v) is 27.4. The molecular weight excluding hydrogens is 503 g/mol. The normalized spacial score (nSPS) is 14.9. The summed E-state index contributed by atoms with van der Waals surface area (Å²) in [7, 11) is 0. The van der Waals surface area contributed by atoms with Gasteiger partial charge < -0.3 is 0 Å². The predicted molar refractivity (Wildman–Crippen MR) is 135 cm³/mol. The molecule has 0 bridgehead atoms. The van der Waals surface area contributed by atoms with Crippen LogP contribution in [0.5, 0.6) is 0 Å². The van der Waals surface area contributed by atoms with Crippen molar-refractivity contribution in [1.82, 2.24) is 0 Å². The fraction of sp³-hybridized carbons (Fsp3) is 0.231. The molecule has 0 spiro atoms. The van der Waals surface area contributed by atoms with Crippen LogP contribution in [0.25, 0.3) is 0 Å². The molecule has 0 atom stereocenters. The van der Waals surface area contributed by atoms with Gasteiger partial charge in [0.05, 0.1) is 0 Å². The van der Waals surface area contributed by atoms with Crippen LogP contribution >= 0.6 is 24.8 Å². The Balaban J connectivity index is 0.00000160. The van der Waals surface area contributed by atoms with Gasteiger partial charge in [-0.05, 0) is 0 Å². The number of halogens is 2. The Bertz CT molecular complexity index is 868. The zero-order valence-electron chi connectivity index (χ0n) is 17.8. The minimum Gasteiger partial charge on any atom is -0.147 e. The first-order valence-electron chi connectivity index (χ1n) is 10.4. The van der Waals surface area contributed by atoms with Gasteiger partial charge in [-0.3, -0.25) is 0 Å². The zero-order valence-corrected chi connectivity index (χ0v) is 23.1. The van der Waals surface area contributed by atoms with E-state index in [0.717, 1.165) is 12.8 Å². The van der Waals surface area contributed by atoms with E-state index in [1.165, 1.54) is 24.0 Å². The van der Waals surface area contributed by atoms with E-state index in [4.69, 9.17) is 0 Å². The molecule has 0 unspecified atom stereocenters. The first-order valence-corrected chi connectivity index (χ1v) is 20.0. The third-order valence-electron chi connectivity index (χ3n) is 5.76. The minimum absolute atomic E-state index is 0. The van der Waals surface area contributed by atoms with Gasteiger partial charge in [0.2, 0.25) is 0 Å². The Morgan fingerprint density at radius 1 is 0.667 bits per heavy atom. The molecule has 0 N–H and O–H groups in total. The minimum atomic E-state index is -1.75. The third-order valence-corrected chi connectivity index (χ3v) is 25.3. The van der Waals surface area contributed by atoms with Crippen molar-refractivity contribution in [2.45, 2.75) is 38.8 Å². The Morgan fingerprint density at radius 3 is 1.43 bits per heavy atom. The van der Waals surface area contributed by atoms with Crippen LogP contribution in [0, 0.1) is 0 Å². The van der Waals surface area contributed by atoms with Gasteiger partial charge >= 0.3 is 179 Å². The molecule has 2 aliphatic rings. The summed E-state index contributed by atoms with van der Waals surface area (Å²) < 4.78 is 3.80. The van der Waals surface area contributed by atoms with Gasteiger partial charge in [0, 0.05) is 0 Å². The molecule has 0 radical (unpaired) electrons. The number of rotatable bonds is 7. The Labute approximate surface area is 202 Å². The van der Waals surface area contributed by atoms with E-state index in [-0.39, 0.29) is 24.8 Å². The van der Waals surface area contributed by atoms with Gasteiger partial charge in [-0.1, -0.05) is 0 Å². The van der Waals surface area contributed by atoms with Crippen LogP contribution < -0.4 is 0 Å². The van der Waals surface area contributed by atoms with Crippen molar-refractivity contribution in [2.75, 3.05) is 0 Å². The quantitative estimate of drug-likeness (QED) is 0.327. The van der Waals surface area contributed by atoms with Crippen molar-refractivity contribution in [2.24, 2.45) is 0 Å². The SMILES string of the molecule is C[SiH](C)[Zr]([C]1=C(Cc2ccccc2)C=CC1)[C]1=C(Cc2ccccc2)C=CC1.Cl.Cl. The van der Waals surface area contributed by atoms with E-state index in [1.54, 1.807) is 11.1 Å². The first kappa shape index (κ1) is 25.3. The van der Waals surface area contributed by atoms with Crippen molar-refractivity contribution < 1.29 is 20.9 Å².